The van der Waals surface area contributed by atoms with Crippen molar-refractivity contribution in [2.45, 2.75) is 0 Å². The van der Waals surface area contributed by atoms with Gasteiger partial charge in [0.15, 0.2) is 0 Å². The van der Waals surface area contributed by atoms with Crippen molar-refractivity contribution >= 4 is 11.7 Å². The first-order chi connectivity index (χ1) is 9.13. The van der Waals surface area contributed by atoms with Gasteiger partial charge in [0.1, 0.15) is 17.3 Å². The zero-order valence-corrected chi connectivity index (χ0v) is 10.9. The number of aryl methyl sites for hydroxylation is 1. The Balaban J connectivity index is 2.23. The second kappa shape index (κ2) is 5.38. The van der Waals surface area contributed by atoms with Crippen LogP contribution in [0.5, 0.6) is 11.6 Å². The van der Waals surface area contributed by atoms with E-state index in [0.717, 1.165) is 0 Å². The lowest BCUT2D eigenvalue weighted by Gasteiger charge is -2.08. The van der Waals surface area contributed by atoms with Gasteiger partial charge in [0, 0.05) is 19.2 Å². The average molecular weight is 262 g/mol. The van der Waals surface area contributed by atoms with Gasteiger partial charge in [-0.25, -0.2) is 4.98 Å². The molecule has 1 amide bonds. The number of carbonyl (C=O) groups is 1. The van der Waals surface area contributed by atoms with E-state index < -0.39 is 0 Å². The third kappa shape index (κ3) is 2.82. The van der Waals surface area contributed by atoms with Crippen LogP contribution in [-0.2, 0) is 7.05 Å². The summed E-state index contributed by atoms with van der Waals surface area (Å²) in [6.45, 7) is 0. The van der Waals surface area contributed by atoms with Gasteiger partial charge in [0.2, 0.25) is 5.88 Å². The summed E-state index contributed by atoms with van der Waals surface area (Å²) >= 11 is 0. The number of pyridine rings is 1. The summed E-state index contributed by atoms with van der Waals surface area (Å²) in [7, 11) is 4.76. The highest BCUT2D eigenvalue weighted by molar-refractivity contribution is 6.02. The number of ether oxygens (including phenoxy) is 2. The summed E-state index contributed by atoms with van der Waals surface area (Å²) in [5.74, 6) is 0.956. The van der Waals surface area contributed by atoms with Gasteiger partial charge in [-0.3, -0.25) is 4.79 Å². The third-order valence-electron chi connectivity index (χ3n) is 2.51. The number of hydrogen-bond donors (Lipinski definition) is 1. The predicted octanol–water partition coefficient (Wildman–Crippen LogP) is 1.08. The van der Waals surface area contributed by atoms with Gasteiger partial charge in [0.05, 0.1) is 26.7 Å². The van der Waals surface area contributed by atoms with Gasteiger partial charge >= 0.3 is 0 Å². The molecule has 0 aromatic carbocycles. The number of amides is 1. The monoisotopic (exact) mass is 262 g/mol. The number of hydrogen-bond acceptors (Lipinski definition) is 5. The molecule has 7 heteroatoms. The van der Waals surface area contributed by atoms with Crippen molar-refractivity contribution in [2.24, 2.45) is 7.05 Å². The van der Waals surface area contributed by atoms with E-state index in [-0.39, 0.29) is 5.91 Å². The van der Waals surface area contributed by atoms with E-state index in [1.165, 1.54) is 20.4 Å². The Kier molecular flexibility index (Phi) is 3.65. The maximum absolute atomic E-state index is 12.0. The number of rotatable bonds is 4. The highest BCUT2D eigenvalue weighted by Gasteiger charge is 2.12. The van der Waals surface area contributed by atoms with Gasteiger partial charge < -0.3 is 19.4 Å². The first-order valence-electron chi connectivity index (χ1n) is 5.51. The molecule has 0 aliphatic rings. The normalized spacial score (nSPS) is 10.1. The van der Waals surface area contributed by atoms with Crippen LogP contribution in [0.3, 0.4) is 0 Å². The number of methoxy groups -OCH3 is 2. The van der Waals surface area contributed by atoms with Crippen molar-refractivity contribution in [3.8, 4) is 11.6 Å². The van der Waals surface area contributed by atoms with Crippen molar-refractivity contribution in [3.05, 3.63) is 30.4 Å². The van der Waals surface area contributed by atoms with Crippen molar-refractivity contribution in [2.75, 3.05) is 19.5 Å². The molecule has 0 saturated carbocycles. The van der Waals surface area contributed by atoms with E-state index in [0.29, 0.717) is 23.1 Å². The topological polar surface area (TPSA) is 78.3 Å². The number of anilines is 1. The molecule has 2 heterocycles. The Bertz CT molecular complexity index is 572. The number of carbonyl (C=O) groups excluding carboxylic acids is 1. The molecule has 0 spiro atoms. The molecule has 0 saturated heterocycles. The highest BCUT2D eigenvalue weighted by atomic mass is 16.5. The van der Waals surface area contributed by atoms with Gasteiger partial charge in [-0.2, -0.15) is 4.98 Å². The Morgan fingerprint density at radius 2 is 2.11 bits per heavy atom. The molecule has 0 bridgehead atoms. The standard InChI is InChI=1S/C12H14N4O3/c1-16-7-13-6-9(16)12(17)15-10-4-8(18-2)5-11(14-10)19-3/h4-7H,1-3H3,(H,14,15,17). The van der Waals surface area contributed by atoms with Crippen LogP contribution in [0.2, 0.25) is 0 Å². The van der Waals surface area contributed by atoms with E-state index in [9.17, 15) is 4.79 Å². The Labute approximate surface area is 110 Å². The SMILES string of the molecule is COc1cc(NC(=O)c2cncn2C)nc(OC)c1. The number of aromatic nitrogens is 3. The van der Waals surface area contributed by atoms with E-state index in [1.54, 1.807) is 30.1 Å². The molecule has 2 rings (SSSR count). The zero-order valence-electron chi connectivity index (χ0n) is 10.9. The predicted molar refractivity (Wildman–Crippen MR) is 68.5 cm³/mol. The molecule has 0 aliphatic carbocycles. The Morgan fingerprint density at radius 1 is 1.32 bits per heavy atom. The molecular formula is C12H14N4O3. The van der Waals surface area contributed by atoms with Crippen LogP contribution in [0.25, 0.3) is 0 Å². The molecule has 1 N–H and O–H groups in total. The third-order valence-corrected chi connectivity index (χ3v) is 2.51. The van der Waals surface area contributed by atoms with Crippen LogP contribution >= 0.6 is 0 Å². The second-order valence-electron chi connectivity index (χ2n) is 3.78. The quantitative estimate of drug-likeness (QED) is 0.892. The van der Waals surface area contributed by atoms with Crippen molar-refractivity contribution < 1.29 is 14.3 Å². The van der Waals surface area contributed by atoms with E-state index in [4.69, 9.17) is 9.47 Å². The van der Waals surface area contributed by atoms with Crippen molar-refractivity contribution in [1.29, 1.82) is 0 Å². The second-order valence-corrected chi connectivity index (χ2v) is 3.78. The minimum Gasteiger partial charge on any atom is -0.496 e. The Morgan fingerprint density at radius 3 is 2.68 bits per heavy atom. The first-order valence-corrected chi connectivity index (χ1v) is 5.51. The fraction of sp³-hybridized carbons (Fsp3) is 0.250. The molecule has 0 atom stereocenters. The van der Waals surface area contributed by atoms with Crippen LogP contribution in [0, 0.1) is 0 Å². The molecule has 7 nitrogen and oxygen atoms in total. The van der Waals surface area contributed by atoms with Crippen LogP contribution < -0.4 is 14.8 Å². The molecule has 0 radical (unpaired) electrons. The summed E-state index contributed by atoms with van der Waals surface area (Å²) in [5, 5.41) is 2.66. The molecule has 2 aromatic rings. The molecule has 2 aromatic heterocycles. The molecule has 0 fully saturated rings. The summed E-state index contributed by atoms with van der Waals surface area (Å²) in [6, 6.07) is 3.23. The number of nitrogens with zero attached hydrogens (tertiary/aromatic N) is 3. The van der Waals surface area contributed by atoms with Gasteiger partial charge in [0.25, 0.3) is 5.91 Å². The summed E-state index contributed by atoms with van der Waals surface area (Å²) < 4.78 is 11.8. The van der Waals surface area contributed by atoms with Crippen LogP contribution in [-0.4, -0.2) is 34.7 Å². The smallest absolute Gasteiger partial charge is 0.275 e. The maximum Gasteiger partial charge on any atom is 0.275 e. The molecular weight excluding hydrogens is 248 g/mol. The highest BCUT2D eigenvalue weighted by Crippen LogP contribution is 2.22. The molecule has 0 aliphatic heterocycles. The van der Waals surface area contributed by atoms with E-state index >= 15 is 0 Å². The lowest BCUT2D eigenvalue weighted by Crippen LogP contribution is -2.16. The van der Waals surface area contributed by atoms with E-state index in [1.807, 2.05) is 0 Å². The minimum absolute atomic E-state index is 0.303. The zero-order chi connectivity index (χ0) is 13.8. The molecule has 0 unspecified atom stereocenters. The fourth-order valence-corrected chi connectivity index (χ4v) is 1.52. The lowest BCUT2D eigenvalue weighted by molar-refractivity contribution is 0.101. The summed E-state index contributed by atoms with van der Waals surface area (Å²) in [6.07, 6.45) is 3.03. The van der Waals surface area contributed by atoms with Gasteiger partial charge in [-0.05, 0) is 0 Å². The fourth-order valence-electron chi connectivity index (χ4n) is 1.52. The largest absolute Gasteiger partial charge is 0.496 e. The first kappa shape index (κ1) is 12.9. The van der Waals surface area contributed by atoms with Crippen molar-refractivity contribution in [1.82, 2.24) is 14.5 Å². The van der Waals surface area contributed by atoms with Crippen molar-refractivity contribution in [3.63, 3.8) is 0 Å². The summed E-state index contributed by atoms with van der Waals surface area (Å²) in [4.78, 5) is 20.0. The minimum atomic E-state index is -0.303. The lowest BCUT2D eigenvalue weighted by atomic mass is 10.4. The van der Waals surface area contributed by atoms with Crippen LogP contribution in [0.1, 0.15) is 10.5 Å². The van der Waals surface area contributed by atoms with Gasteiger partial charge in [-0.15, -0.1) is 0 Å². The molecule has 100 valence electrons. The number of nitrogens with one attached hydrogen (secondary N) is 1. The number of imidazole rings is 1. The molecule has 19 heavy (non-hydrogen) atoms. The van der Waals surface area contributed by atoms with Crippen LogP contribution in [0.4, 0.5) is 5.82 Å². The average Bonchev–Trinajstić information content (AvgIpc) is 2.84. The van der Waals surface area contributed by atoms with Gasteiger partial charge in [-0.1, -0.05) is 0 Å². The van der Waals surface area contributed by atoms with Crippen LogP contribution in [0.15, 0.2) is 24.7 Å². The van der Waals surface area contributed by atoms with E-state index in [2.05, 4.69) is 15.3 Å². The Hall–Kier alpha value is -2.57. The maximum atomic E-state index is 12.0. The summed E-state index contributed by atoms with van der Waals surface area (Å²) in [5.41, 5.74) is 0.434.